The maximum Gasteiger partial charge on any atom is 0.408 e. The summed E-state index contributed by atoms with van der Waals surface area (Å²) in [6.07, 6.45) is 0.941. The summed E-state index contributed by atoms with van der Waals surface area (Å²) in [7, 11) is 0. The molecule has 0 aromatic heterocycles. The van der Waals surface area contributed by atoms with Crippen molar-refractivity contribution in [2.75, 3.05) is 19.8 Å². The second-order valence-electron chi connectivity index (χ2n) is 8.49. The molecule has 3 aliphatic rings. The molecule has 0 bridgehead atoms. The van der Waals surface area contributed by atoms with Gasteiger partial charge in [0.15, 0.2) is 0 Å². The molecule has 1 aliphatic heterocycles. The van der Waals surface area contributed by atoms with Gasteiger partial charge in [-0.3, -0.25) is 0 Å². The minimum Gasteiger partial charge on any atom is -0.480 e. The van der Waals surface area contributed by atoms with Gasteiger partial charge in [0.2, 0.25) is 0 Å². The van der Waals surface area contributed by atoms with E-state index in [0.717, 1.165) is 28.7 Å². The van der Waals surface area contributed by atoms with Crippen molar-refractivity contribution in [2.45, 2.75) is 30.7 Å². The third-order valence-corrected chi connectivity index (χ3v) is 6.63. The number of amides is 1. The molecule has 5 rings (SSSR count). The molecular formula is C23H23NO5. The average Bonchev–Trinajstić information content (AvgIpc) is 3.29. The Hall–Kier alpha value is -2.86. The summed E-state index contributed by atoms with van der Waals surface area (Å²) < 4.78 is 11.0. The van der Waals surface area contributed by atoms with Crippen molar-refractivity contribution in [1.82, 2.24) is 5.32 Å². The molecule has 6 nitrogen and oxygen atoms in total. The van der Waals surface area contributed by atoms with Crippen molar-refractivity contribution in [2.24, 2.45) is 5.41 Å². The first-order valence-electron chi connectivity index (χ1n) is 9.96. The number of alkyl carbamates (subject to hydrolysis) is 1. The van der Waals surface area contributed by atoms with Crippen LogP contribution in [0.25, 0.3) is 11.1 Å². The summed E-state index contributed by atoms with van der Waals surface area (Å²) in [5, 5.41) is 12.3. The van der Waals surface area contributed by atoms with Gasteiger partial charge < -0.3 is 19.9 Å². The Morgan fingerprint density at radius 1 is 1.07 bits per heavy atom. The number of aliphatic carboxylic acids is 1. The van der Waals surface area contributed by atoms with Crippen LogP contribution in [0, 0.1) is 5.41 Å². The Morgan fingerprint density at radius 2 is 1.69 bits per heavy atom. The van der Waals surface area contributed by atoms with Crippen LogP contribution in [0.4, 0.5) is 4.79 Å². The van der Waals surface area contributed by atoms with E-state index in [1.165, 1.54) is 0 Å². The standard InChI is InChI=1S/C23H23NO5/c25-20(26)23(12-22(13-23)9-10-28-14-22)24-21(27)29-11-19-17-7-3-1-5-15(17)16-6-2-4-8-18(16)19/h1-8,19H,9-14H2,(H,24,27)(H,25,26). The zero-order valence-corrected chi connectivity index (χ0v) is 16.0. The first-order chi connectivity index (χ1) is 14.0. The fraction of sp³-hybridized carbons (Fsp3) is 0.391. The van der Waals surface area contributed by atoms with Crippen molar-refractivity contribution < 1.29 is 24.2 Å². The topological polar surface area (TPSA) is 84.9 Å². The van der Waals surface area contributed by atoms with Crippen LogP contribution in [-0.4, -0.2) is 42.5 Å². The van der Waals surface area contributed by atoms with Gasteiger partial charge in [0.25, 0.3) is 0 Å². The molecule has 1 spiro atoms. The molecule has 1 saturated heterocycles. The van der Waals surface area contributed by atoms with Gasteiger partial charge >= 0.3 is 12.1 Å². The molecule has 2 aliphatic carbocycles. The molecular weight excluding hydrogens is 370 g/mol. The highest BCUT2D eigenvalue weighted by Crippen LogP contribution is 2.53. The lowest BCUT2D eigenvalue weighted by Gasteiger charge is -2.51. The number of benzene rings is 2. The van der Waals surface area contributed by atoms with Crippen LogP contribution in [0.2, 0.25) is 0 Å². The fourth-order valence-electron chi connectivity index (χ4n) is 5.28. The summed E-state index contributed by atoms with van der Waals surface area (Å²) in [6.45, 7) is 1.39. The van der Waals surface area contributed by atoms with Crippen molar-refractivity contribution in [3.05, 3.63) is 59.7 Å². The SMILES string of the molecule is O=C(NC1(C(=O)O)CC2(CCOC2)C1)OCC1c2ccccc2-c2ccccc21. The highest BCUT2D eigenvalue weighted by Gasteiger charge is 2.61. The van der Waals surface area contributed by atoms with E-state index in [-0.39, 0.29) is 17.9 Å². The third kappa shape index (κ3) is 2.90. The van der Waals surface area contributed by atoms with Gasteiger partial charge in [-0.25, -0.2) is 9.59 Å². The number of carbonyl (C=O) groups excluding carboxylic acids is 1. The molecule has 1 heterocycles. The normalized spacial score (nSPS) is 27.2. The van der Waals surface area contributed by atoms with E-state index in [9.17, 15) is 14.7 Å². The van der Waals surface area contributed by atoms with E-state index < -0.39 is 17.6 Å². The van der Waals surface area contributed by atoms with Crippen LogP contribution < -0.4 is 5.32 Å². The summed E-state index contributed by atoms with van der Waals surface area (Å²) in [6, 6.07) is 16.2. The fourth-order valence-corrected chi connectivity index (χ4v) is 5.28. The second kappa shape index (κ2) is 6.59. The van der Waals surface area contributed by atoms with Crippen molar-refractivity contribution in [3.63, 3.8) is 0 Å². The van der Waals surface area contributed by atoms with Crippen molar-refractivity contribution in [3.8, 4) is 11.1 Å². The highest BCUT2D eigenvalue weighted by atomic mass is 16.5. The lowest BCUT2D eigenvalue weighted by molar-refractivity contribution is -0.156. The molecule has 1 amide bonds. The number of hydrogen-bond acceptors (Lipinski definition) is 4. The van der Waals surface area contributed by atoms with Gasteiger partial charge in [-0.05, 0) is 41.5 Å². The van der Waals surface area contributed by atoms with E-state index >= 15 is 0 Å². The van der Waals surface area contributed by atoms with Crippen LogP contribution in [0.3, 0.4) is 0 Å². The average molecular weight is 393 g/mol. The third-order valence-electron chi connectivity index (χ3n) is 6.63. The predicted molar refractivity (Wildman–Crippen MR) is 106 cm³/mol. The van der Waals surface area contributed by atoms with E-state index in [2.05, 4.69) is 29.6 Å². The summed E-state index contributed by atoms with van der Waals surface area (Å²) in [4.78, 5) is 24.4. The van der Waals surface area contributed by atoms with E-state index in [1.54, 1.807) is 0 Å². The summed E-state index contributed by atoms with van der Waals surface area (Å²) in [5.41, 5.74) is 3.19. The molecule has 150 valence electrons. The van der Waals surface area contributed by atoms with Gasteiger partial charge in [-0.2, -0.15) is 0 Å². The van der Waals surface area contributed by atoms with Gasteiger partial charge in [-0.1, -0.05) is 48.5 Å². The Morgan fingerprint density at radius 3 is 2.24 bits per heavy atom. The van der Waals surface area contributed by atoms with Gasteiger partial charge in [0, 0.05) is 17.9 Å². The van der Waals surface area contributed by atoms with Crippen LogP contribution in [0.1, 0.15) is 36.3 Å². The van der Waals surface area contributed by atoms with Gasteiger partial charge in [-0.15, -0.1) is 0 Å². The van der Waals surface area contributed by atoms with E-state index in [1.807, 2.05) is 24.3 Å². The van der Waals surface area contributed by atoms with E-state index in [0.29, 0.717) is 26.1 Å². The molecule has 2 aromatic carbocycles. The Labute approximate surface area is 168 Å². The number of nitrogens with one attached hydrogen (secondary N) is 1. The molecule has 1 saturated carbocycles. The monoisotopic (exact) mass is 393 g/mol. The molecule has 0 radical (unpaired) electrons. The Balaban J connectivity index is 1.28. The lowest BCUT2D eigenvalue weighted by Crippen LogP contribution is -2.66. The zero-order chi connectivity index (χ0) is 20.1. The maximum atomic E-state index is 12.5. The van der Waals surface area contributed by atoms with E-state index in [4.69, 9.17) is 9.47 Å². The molecule has 2 fully saturated rings. The molecule has 0 atom stereocenters. The van der Waals surface area contributed by atoms with Crippen molar-refractivity contribution >= 4 is 12.1 Å². The number of ether oxygens (including phenoxy) is 2. The largest absolute Gasteiger partial charge is 0.480 e. The Bertz CT molecular complexity index is 925. The number of fused-ring (bicyclic) bond motifs is 3. The maximum absolute atomic E-state index is 12.5. The molecule has 2 N–H and O–H groups in total. The number of rotatable bonds is 4. The smallest absolute Gasteiger partial charge is 0.408 e. The molecule has 6 heteroatoms. The number of carboxylic acid groups (broad SMARTS) is 1. The first-order valence-corrected chi connectivity index (χ1v) is 9.96. The number of carbonyl (C=O) groups is 2. The highest BCUT2D eigenvalue weighted by molar-refractivity contribution is 5.86. The summed E-state index contributed by atoms with van der Waals surface area (Å²) in [5.74, 6) is -1.06. The minimum atomic E-state index is -1.25. The first kappa shape index (κ1) is 18.2. The minimum absolute atomic E-state index is 0.0510. The van der Waals surface area contributed by atoms with Gasteiger partial charge in [0.1, 0.15) is 12.1 Å². The van der Waals surface area contributed by atoms with Crippen LogP contribution >= 0.6 is 0 Å². The molecule has 0 unspecified atom stereocenters. The number of carboxylic acids is 1. The van der Waals surface area contributed by atoms with Crippen LogP contribution in [-0.2, 0) is 14.3 Å². The van der Waals surface area contributed by atoms with Gasteiger partial charge in [0.05, 0.1) is 6.61 Å². The Kier molecular flexibility index (Phi) is 4.13. The lowest BCUT2D eigenvalue weighted by atomic mass is 9.57. The second-order valence-corrected chi connectivity index (χ2v) is 8.49. The van der Waals surface area contributed by atoms with Crippen molar-refractivity contribution in [1.29, 1.82) is 0 Å². The quantitative estimate of drug-likeness (QED) is 0.830. The van der Waals surface area contributed by atoms with Crippen LogP contribution in [0.15, 0.2) is 48.5 Å². The van der Waals surface area contributed by atoms with Crippen LogP contribution in [0.5, 0.6) is 0 Å². The number of hydrogen-bond donors (Lipinski definition) is 2. The molecule has 2 aromatic rings. The molecule has 29 heavy (non-hydrogen) atoms. The zero-order valence-electron chi connectivity index (χ0n) is 16.0. The predicted octanol–water partition coefficient (Wildman–Crippen LogP) is 3.55. The summed E-state index contributed by atoms with van der Waals surface area (Å²) >= 11 is 0.